The zero-order chi connectivity index (χ0) is 15.2. The molecule has 0 heterocycles. The Hall–Kier alpha value is -1.71. The number of rotatable bonds is 5. The van der Waals surface area contributed by atoms with Crippen molar-refractivity contribution < 1.29 is 9.53 Å². The Morgan fingerprint density at radius 3 is 2.48 bits per heavy atom. The Bertz CT molecular complexity index is 627. The van der Waals surface area contributed by atoms with Crippen molar-refractivity contribution in [1.29, 1.82) is 0 Å². The standard InChI is InChI=1S/C16H15Cl2NO2/c1-21-15-7-4-12(10-14(15)18)16(20)19-9-8-11-2-5-13(17)6-3-11/h2-7,10H,8-9H2,1H3,(H,19,20). The minimum atomic E-state index is -0.159. The minimum absolute atomic E-state index is 0.159. The molecule has 0 radical (unpaired) electrons. The maximum atomic E-state index is 12.0. The van der Waals surface area contributed by atoms with Crippen molar-refractivity contribution in [1.82, 2.24) is 5.32 Å². The summed E-state index contributed by atoms with van der Waals surface area (Å²) in [5, 5.41) is 3.98. The van der Waals surface area contributed by atoms with Crippen molar-refractivity contribution >= 4 is 29.1 Å². The van der Waals surface area contributed by atoms with Gasteiger partial charge in [0.2, 0.25) is 0 Å². The Morgan fingerprint density at radius 2 is 1.86 bits per heavy atom. The lowest BCUT2D eigenvalue weighted by Crippen LogP contribution is -2.25. The molecule has 2 rings (SSSR count). The van der Waals surface area contributed by atoms with Gasteiger partial charge in [-0.3, -0.25) is 4.79 Å². The first kappa shape index (κ1) is 15.7. The highest BCUT2D eigenvalue weighted by atomic mass is 35.5. The average Bonchev–Trinajstić information content (AvgIpc) is 2.49. The third kappa shape index (κ3) is 4.38. The van der Waals surface area contributed by atoms with Gasteiger partial charge in [0, 0.05) is 17.1 Å². The predicted octanol–water partition coefficient (Wildman–Crippen LogP) is 3.97. The van der Waals surface area contributed by atoms with E-state index in [1.165, 1.54) is 7.11 Å². The van der Waals surface area contributed by atoms with Crippen LogP contribution in [0.4, 0.5) is 0 Å². The average molecular weight is 324 g/mol. The van der Waals surface area contributed by atoms with Gasteiger partial charge in [-0.15, -0.1) is 0 Å². The first-order chi connectivity index (χ1) is 10.1. The Balaban J connectivity index is 1.89. The molecule has 5 heteroatoms. The number of halogens is 2. The normalized spacial score (nSPS) is 10.2. The fraction of sp³-hybridized carbons (Fsp3) is 0.188. The van der Waals surface area contributed by atoms with Crippen LogP contribution in [0, 0.1) is 0 Å². The van der Waals surface area contributed by atoms with Gasteiger partial charge < -0.3 is 10.1 Å². The molecule has 0 saturated carbocycles. The van der Waals surface area contributed by atoms with Gasteiger partial charge in [0.05, 0.1) is 12.1 Å². The van der Waals surface area contributed by atoms with Crippen LogP contribution in [0.2, 0.25) is 10.0 Å². The van der Waals surface area contributed by atoms with E-state index in [4.69, 9.17) is 27.9 Å². The molecule has 0 atom stereocenters. The van der Waals surface area contributed by atoms with Crippen LogP contribution >= 0.6 is 23.2 Å². The minimum Gasteiger partial charge on any atom is -0.495 e. The lowest BCUT2D eigenvalue weighted by molar-refractivity contribution is 0.0954. The molecule has 0 unspecified atom stereocenters. The number of amides is 1. The van der Waals surface area contributed by atoms with Crippen molar-refractivity contribution in [2.75, 3.05) is 13.7 Å². The quantitative estimate of drug-likeness (QED) is 0.904. The van der Waals surface area contributed by atoms with Crippen molar-refractivity contribution in [3.63, 3.8) is 0 Å². The van der Waals surface area contributed by atoms with Gasteiger partial charge in [0.1, 0.15) is 5.75 Å². The highest BCUT2D eigenvalue weighted by Crippen LogP contribution is 2.24. The number of hydrogen-bond acceptors (Lipinski definition) is 2. The Kier molecular flexibility index (Phi) is 5.48. The second-order valence-electron chi connectivity index (χ2n) is 4.48. The van der Waals surface area contributed by atoms with E-state index in [0.717, 1.165) is 12.0 Å². The molecule has 0 aliphatic rings. The molecule has 0 aromatic heterocycles. The van der Waals surface area contributed by atoms with Crippen LogP contribution in [0.5, 0.6) is 5.75 Å². The Labute approximate surface area is 133 Å². The summed E-state index contributed by atoms with van der Waals surface area (Å²) >= 11 is 11.8. The van der Waals surface area contributed by atoms with Gasteiger partial charge in [0.15, 0.2) is 0 Å². The molecule has 3 nitrogen and oxygen atoms in total. The maximum Gasteiger partial charge on any atom is 0.251 e. The van der Waals surface area contributed by atoms with Gasteiger partial charge in [-0.25, -0.2) is 0 Å². The molecular weight excluding hydrogens is 309 g/mol. The summed E-state index contributed by atoms with van der Waals surface area (Å²) in [5.41, 5.74) is 1.63. The van der Waals surface area contributed by atoms with E-state index < -0.39 is 0 Å². The first-order valence-corrected chi connectivity index (χ1v) is 7.22. The third-order valence-electron chi connectivity index (χ3n) is 3.03. The van der Waals surface area contributed by atoms with E-state index in [0.29, 0.717) is 27.9 Å². The van der Waals surface area contributed by atoms with Crippen LogP contribution in [-0.4, -0.2) is 19.6 Å². The predicted molar refractivity (Wildman–Crippen MR) is 85.5 cm³/mol. The molecule has 0 aliphatic carbocycles. The molecule has 0 spiro atoms. The molecular formula is C16H15Cl2NO2. The number of carbonyl (C=O) groups excluding carboxylic acids is 1. The molecule has 0 bridgehead atoms. The summed E-state index contributed by atoms with van der Waals surface area (Å²) in [6.45, 7) is 0.546. The van der Waals surface area contributed by atoms with Gasteiger partial charge in [0.25, 0.3) is 5.91 Å². The molecule has 1 N–H and O–H groups in total. The molecule has 0 saturated heterocycles. The third-order valence-corrected chi connectivity index (χ3v) is 3.57. The topological polar surface area (TPSA) is 38.3 Å². The lowest BCUT2D eigenvalue weighted by Gasteiger charge is -2.08. The van der Waals surface area contributed by atoms with Crippen molar-refractivity contribution in [2.24, 2.45) is 0 Å². The van der Waals surface area contributed by atoms with E-state index in [1.54, 1.807) is 18.2 Å². The molecule has 0 fully saturated rings. The molecule has 1 amide bonds. The van der Waals surface area contributed by atoms with Gasteiger partial charge >= 0.3 is 0 Å². The molecule has 21 heavy (non-hydrogen) atoms. The van der Waals surface area contributed by atoms with E-state index in [9.17, 15) is 4.79 Å². The summed E-state index contributed by atoms with van der Waals surface area (Å²) in [4.78, 5) is 12.0. The van der Waals surface area contributed by atoms with Crippen LogP contribution in [0.3, 0.4) is 0 Å². The highest BCUT2D eigenvalue weighted by molar-refractivity contribution is 6.32. The van der Waals surface area contributed by atoms with Crippen LogP contribution in [0.15, 0.2) is 42.5 Å². The second kappa shape index (κ2) is 7.34. The summed E-state index contributed by atoms with van der Waals surface area (Å²) < 4.78 is 5.05. The number of benzene rings is 2. The largest absolute Gasteiger partial charge is 0.495 e. The lowest BCUT2D eigenvalue weighted by atomic mass is 10.1. The van der Waals surface area contributed by atoms with Crippen LogP contribution in [0.25, 0.3) is 0 Å². The number of methoxy groups -OCH3 is 1. The molecule has 2 aromatic rings. The summed E-state index contributed by atoms with van der Waals surface area (Å²) in [7, 11) is 1.53. The van der Waals surface area contributed by atoms with Crippen molar-refractivity contribution in [3.05, 3.63) is 63.6 Å². The number of hydrogen-bond donors (Lipinski definition) is 1. The number of nitrogens with one attached hydrogen (secondary N) is 1. The Morgan fingerprint density at radius 1 is 1.14 bits per heavy atom. The second-order valence-corrected chi connectivity index (χ2v) is 5.33. The SMILES string of the molecule is COc1ccc(C(=O)NCCc2ccc(Cl)cc2)cc1Cl. The summed E-state index contributed by atoms with van der Waals surface area (Å²) in [5.74, 6) is 0.392. The zero-order valence-electron chi connectivity index (χ0n) is 11.5. The number of ether oxygens (including phenoxy) is 1. The first-order valence-electron chi connectivity index (χ1n) is 6.46. The smallest absolute Gasteiger partial charge is 0.251 e. The highest BCUT2D eigenvalue weighted by Gasteiger charge is 2.08. The summed E-state index contributed by atoms with van der Waals surface area (Å²) in [6.07, 6.45) is 0.743. The van der Waals surface area contributed by atoms with Gasteiger partial charge in [-0.05, 0) is 42.3 Å². The maximum absolute atomic E-state index is 12.0. The fourth-order valence-electron chi connectivity index (χ4n) is 1.88. The van der Waals surface area contributed by atoms with Crippen molar-refractivity contribution in [3.8, 4) is 5.75 Å². The zero-order valence-corrected chi connectivity index (χ0v) is 13.0. The van der Waals surface area contributed by atoms with Crippen LogP contribution < -0.4 is 10.1 Å². The fourth-order valence-corrected chi connectivity index (χ4v) is 2.26. The van der Waals surface area contributed by atoms with Crippen LogP contribution in [-0.2, 0) is 6.42 Å². The monoisotopic (exact) mass is 323 g/mol. The van der Waals surface area contributed by atoms with E-state index in [-0.39, 0.29) is 5.91 Å². The van der Waals surface area contributed by atoms with Gasteiger partial charge in [-0.1, -0.05) is 35.3 Å². The van der Waals surface area contributed by atoms with E-state index in [1.807, 2.05) is 24.3 Å². The molecule has 0 aliphatic heterocycles. The number of carbonyl (C=O) groups is 1. The summed E-state index contributed by atoms with van der Waals surface area (Å²) in [6, 6.07) is 12.5. The molecule has 2 aromatic carbocycles. The van der Waals surface area contributed by atoms with E-state index >= 15 is 0 Å². The van der Waals surface area contributed by atoms with Crippen LogP contribution in [0.1, 0.15) is 15.9 Å². The molecule has 110 valence electrons. The van der Waals surface area contributed by atoms with Gasteiger partial charge in [-0.2, -0.15) is 0 Å². The van der Waals surface area contributed by atoms with Crippen molar-refractivity contribution in [2.45, 2.75) is 6.42 Å². The van der Waals surface area contributed by atoms with E-state index in [2.05, 4.69) is 5.32 Å².